The molecule has 3 amide bonds. The van der Waals surface area contributed by atoms with Gasteiger partial charge in [-0.1, -0.05) is 6.07 Å². The fraction of sp³-hybridized carbons (Fsp3) is 0.429. The van der Waals surface area contributed by atoms with Gasteiger partial charge in [-0.2, -0.15) is 5.10 Å². The minimum atomic E-state index is -0.598. The predicted octanol–water partition coefficient (Wildman–Crippen LogP) is 2.01. The second kappa shape index (κ2) is 7.11. The number of hydrogen-bond donors (Lipinski definition) is 1. The first-order valence-electron chi connectivity index (χ1n) is 10.0. The van der Waals surface area contributed by atoms with Crippen LogP contribution in [0.3, 0.4) is 0 Å². The first-order valence-corrected chi connectivity index (χ1v) is 10.0. The summed E-state index contributed by atoms with van der Waals surface area (Å²) in [5.41, 5.74) is 3.24. The Hall–Kier alpha value is -3.00. The number of hydrogen-bond acceptors (Lipinski definition) is 5. The van der Waals surface area contributed by atoms with E-state index in [-0.39, 0.29) is 24.5 Å². The van der Waals surface area contributed by atoms with E-state index in [0.29, 0.717) is 18.5 Å². The molecule has 2 fully saturated rings. The zero-order valence-corrected chi connectivity index (χ0v) is 16.0. The highest BCUT2D eigenvalue weighted by Gasteiger charge is 2.39. The molecule has 8 heteroatoms. The molecule has 1 aromatic heterocycles. The van der Waals surface area contributed by atoms with Crippen molar-refractivity contribution in [2.24, 2.45) is 0 Å². The van der Waals surface area contributed by atoms with Crippen molar-refractivity contribution < 1.29 is 19.1 Å². The summed E-state index contributed by atoms with van der Waals surface area (Å²) in [6.07, 6.45) is 5.71. The molecule has 0 aliphatic carbocycles. The largest absolute Gasteiger partial charge is 0.357 e. The zero-order valence-electron chi connectivity index (χ0n) is 16.0. The molecule has 2 atom stereocenters. The molecule has 1 aromatic carbocycles. The number of fused-ring (bicyclic) bond motifs is 1. The summed E-state index contributed by atoms with van der Waals surface area (Å²) < 4.78 is 7.65. The summed E-state index contributed by atoms with van der Waals surface area (Å²) in [5, 5.41) is 7.00. The first kappa shape index (κ1) is 18.1. The number of nitrogens with one attached hydrogen (secondary N) is 1. The smallest absolute Gasteiger partial charge is 0.255 e. The molecule has 3 aliphatic rings. The fourth-order valence-corrected chi connectivity index (χ4v) is 4.32. The minimum Gasteiger partial charge on any atom is -0.357 e. The number of nitrogens with zero attached hydrogens (tertiary/aromatic N) is 3. The van der Waals surface area contributed by atoms with Gasteiger partial charge < -0.3 is 9.64 Å². The van der Waals surface area contributed by atoms with E-state index in [2.05, 4.69) is 10.4 Å². The third kappa shape index (κ3) is 3.23. The fourth-order valence-electron chi connectivity index (χ4n) is 4.32. The van der Waals surface area contributed by atoms with Crippen molar-refractivity contribution in [1.82, 2.24) is 20.0 Å². The molecule has 29 heavy (non-hydrogen) atoms. The molecule has 3 aliphatic heterocycles. The molecule has 150 valence electrons. The van der Waals surface area contributed by atoms with E-state index >= 15 is 0 Å². The number of piperidine rings is 1. The molecule has 0 spiro atoms. The summed E-state index contributed by atoms with van der Waals surface area (Å²) in [6.45, 7) is 1.12. The van der Waals surface area contributed by atoms with E-state index in [0.717, 1.165) is 42.7 Å². The monoisotopic (exact) mass is 394 g/mol. The van der Waals surface area contributed by atoms with Gasteiger partial charge >= 0.3 is 0 Å². The molecule has 4 heterocycles. The number of rotatable bonds is 3. The van der Waals surface area contributed by atoms with E-state index in [1.54, 1.807) is 11.0 Å². The lowest BCUT2D eigenvalue weighted by atomic mass is 10.0. The quantitative estimate of drug-likeness (QED) is 0.804. The van der Waals surface area contributed by atoms with Gasteiger partial charge in [-0.3, -0.25) is 19.7 Å². The Kier molecular flexibility index (Phi) is 4.43. The Morgan fingerprint density at radius 3 is 2.79 bits per heavy atom. The van der Waals surface area contributed by atoms with E-state index in [1.807, 2.05) is 29.1 Å². The summed E-state index contributed by atoms with van der Waals surface area (Å²) in [5.74, 6) is -0.841. The van der Waals surface area contributed by atoms with Crippen LogP contribution in [0.15, 0.2) is 30.5 Å². The average Bonchev–Trinajstić information content (AvgIpc) is 3.34. The van der Waals surface area contributed by atoms with Crippen molar-refractivity contribution in [3.63, 3.8) is 0 Å². The van der Waals surface area contributed by atoms with Crippen LogP contribution in [0, 0.1) is 0 Å². The number of carbonyl (C=O) groups is 3. The second-order valence-electron chi connectivity index (χ2n) is 7.77. The van der Waals surface area contributed by atoms with E-state index in [1.165, 1.54) is 0 Å². The van der Waals surface area contributed by atoms with Gasteiger partial charge in [0, 0.05) is 36.9 Å². The third-order valence-corrected chi connectivity index (χ3v) is 5.88. The van der Waals surface area contributed by atoms with Crippen molar-refractivity contribution in [3.05, 3.63) is 41.6 Å². The standard InChI is InChI=1S/C21H22N4O4/c26-18-7-6-17(20(27)22-18)24-12-14-11-13(4-5-15(14)21(24)28)16-8-9-25(23-16)19-3-1-2-10-29-19/h4-5,8-9,11,17,19H,1-3,6-7,10,12H2,(H,22,26,27). The molecule has 5 rings (SSSR count). The number of benzene rings is 1. The van der Waals surface area contributed by atoms with Crippen LogP contribution in [0.2, 0.25) is 0 Å². The molecule has 2 unspecified atom stereocenters. The molecule has 2 aromatic rings. The van der Waals surface area contributed by atoms with Crippen LogP contribution in [-0.4, -0.2) is 45.1 Å². The predicted molar refractivity (Wildman–Crippen MR) is 103 cm³/mol. The number of ether oxygens (including phenoxy) is 1. The Balaban J connectivity index is 1.37. The van der Waals surface area contributed by atoms with E-state index in [9.17, 15) is 14.4 Å². The molecular formula is C21H22N4O4. The SMILES string of the molecule is O=C1CCC(N2Cc3cc(-c4ccn(C5CCCCO5)n4)ccc3C2=O)C(=O)N1. The molecule has 8 nitrogen and oxygen atoms in total. The maximum Gasteiger partial charge on any atom is 0.255 e. The van der Waals surface area contributed by atoms with Crippen LogP contribution in [0.4, 0.5) is 0 Å². The van der Waals surface area contributed by atoms with E-state index < -0.39 is 11.9 Å². The maximum atomic E-state index is 12.8. The van der Waals surface area contributed by atoms with Gasteiger partial charge in [-0.05, 0) is 49.4 Å². The average molecular weight is 394 g/mol. The van der Waals surface area contributed by atoms with Gasteiger partial charge in [0.1, 0.15) is 12.3 Å². The minimum absolute atomic E-state index is 0.0171. The normalized spacial score (nSPS) is 24.6. The first-order chi connectivity index (χ1) is 14.1. The molecule has 0 radical (unpaired) electrons. The van der Waals surface area contributed by atoms with Gasteiger partial charge in [0.2, 0.25) is 11.8 Å². The Morgan fingerprint density at radius 2 is 2.00 bits per heavy atom. The molecular weight excluding hydrogens is 372 g/mol. The zero-order chi connectivity index (χ0) is 20.0. The maximum absolute atomic E-state index is 12.8. The third-order valence-electron chi connectivity index (χ3n) is 5.88. The topological polar surface area (TPSA) is 93.5 Å². The van der Waals surface area contributed by atoms with Gasteiger partial charge in [-0.15, -0.1) is 0 Å². The highest BCUT2D eigenvalue weighted by atomic mass is 16.5. The van der Waals surface area contributed by atoms with Crippen LogP contribution in [0.25, 0.3) is 11.3 Å². The van der Waals surface area contributed by atoms with Crippen molar-refractivity contribution in [3.8, 4) is 11.3 Å². The van der Waals surface area contributed by atoms with Crippen molar-refractivity contribution in [2.75, 3.05) is 6.61 Å². The Bertz CT molecular complexity index is 992. The van der Waals surface area contributed by atoms with Crippen molar-refractivity contribution in [1.29, 1.82) is 0 Å². The summed E-state index contributed by atoms with van der Waals surface area (Å²) in [4.78, 5) is 37.9. The van der Waals surface area contributed by atoms with Crippen LogP contribution >= 0.6 is 0 Å². The lowest BCUT2D eigenvalue weighted by molar-refractivity contribution is -0.136. The highest BCUT2D eigenvalue weighted by molar-refractivity contribution is 6.05. The Morgan fingerprint density at radius 1 is 1.10 bits per heavy atom. The summed E-state index contributed by atoms with van der Waals surface area (Å²) in [7, 11) is 0. The number of imide groups is 1. The Labute approximate surface area is 167 Å². The second-order valence-corrected chi connectivity index (χ2v) is 7.77. The van der Waals surface area contributed by atoms with Crippen LogP contribution in [0.1, 0.15) is 54.3 Å². The molecule has 0 bridgehead atoms. The van der Waals surface area contributed by atoms with Crippen molar-refractivity contribution >= 4 is 17.7 Å². The number of aromatic nitrogens is 2. The van der Waals surface area contributed by atoms with Crippen LogP contribution in [-0.2, 0) is 20.9 Å². The summed E-state index contributed by atoms with van der Waals surface area (Å²) in [6, 6.07) is 7.01. The van der Waals surface area contributed by atoms with Crippen LogP contribution < -0.4 is 5.32 Å². The van der Waals surface area contributed by atoms with E-state index in [4.69, 9.17) is 4.74 Å². The molecule has 2 saturated heterocycles. The lowest BCUT2D eigenvalue weighted by Gasteiger charge is -2.29. The van der Waals surface area contributed by atoms with Gasteiger partial charge in [0.05, 0.1) is 5.69 Å². The van der Waals surface area contributed by atoms with Gasteiger partial charge in [0.25, 0.3) is 5.91 Å². The number of carbonyl (C=O) groups excluding carboxylic acids is 3. The van der Waals surface area contributed by atoms with Gasteiger partial charge in [-0.25, -0.2) is 4.68 Å². The highest BCUT2D eigenvalue weighted by Crippen LogP contribution is 2.31. The summed E-state index contributed by atoms with van der Waals surface area (Å²) >= 11 is 0. The lowest BCUT2D eigenvalue weighted by Crippen LogP contribution is -2.52. The van der Waals surface area contributed by atoms with Crippen LogP contribution in [0.5, 0.6) is 0 Å². The van der Waals surface area contributed by atoms with Gasteiger partial charge in [0.15, 0.2) is 0 Å². The number of amides is 3. The molecule has 1 N–H and O–H groups in total. The molecule has 0 saturated carbocycles. The van der Waals surface area contributed by atoms with Crippen molar-refractivity contribution in [2.45, 2.75) is 50.9 Å².